The van der Waals surface area contributed by atoms with E-state index in [2.05, 4.69) is 20.7 Å². The number of hydrogen-bond donors (Lipinski definition) is 3. The van der Waals surface area contributed by atoms with E-state index in [1.807, 2.05) is 4.90 Å². The second-order valence-electron chi connectivity index (χ2n) is 6.73. The lowest BCUT2D eigenvalue weighted by atomic mass is 10.0. The fourth-order valence-electron chi connectivity index (χ4n) is 3.58. The number of aliphatic hydroxyl groups excluding tert-OH is 1. The molecular weight excluding hydrogens is 382 g/mol. The minimum atomic E-state index is -0.484. The highest BCUT2D eigenvalue weighted by Crippen LogP contribution is 2.37. The lowest BCUT2D eigenvalue weighted by Gasteiger charge is -2.26. The van der Waals surface area contributed by atoms with Crippen LogP contribution in [0.5, 0.6) is 0 Å². The number of nitrogens with one attached hydrogen (secondary N) is 2. The van der Waals surface area contributed by atoms with Crippen molar-refractivity contribution < 1.29 is 18.7 Å². The van der Waals surface area contributed by atoms with E-state index < -0.39 is 17.7 Å². The van der Waals surface area contributed by atoms with Crippen LogP contribution in [-0.2, 0) is 0 Å². The van der Waals surface area contributed by atoms with Crippen LogP contribution in [0.4, 0.5) is 25.1 Å². The molecule has 0 aliphatic carbocycles. The second-order valence-corrected chi connectivity index (χ2v) is 6.73. The summed E-state index contributed by atoms with van der Waals surface area (Å²) in [5.41, 5.74) is 1.13. The molecule has 1 aliphatic heterocycles. The van der Waals surface area contributed by atoms with Crippen LogP contribution in [0, 0.1) is 11.6 Å². The molecule has 1 aliphatic rings. The molecule has 0 unspecified atom stereocenters. The molecule has 3 aromatic rings. The number of hydrogen-bond acceptors (Lipinski definition) is 5. The Labute approximate surface area is 165 Å². The van der Waals surface area contributed by atoms with Gasteiger partial charge in [0, 0.05) is 24.8 Å². The molecule has 0 spiro atoms. The summed E-state index contributed by atoms with van der Waals surface area (Å²) in [5.74, 6) is -0.340. The highest BCUT2D eigenvalue weighted by molar-refractivity contribution is 5.93. The fourth-order valence-corrected chi connectivity index (χ4v) is 3.58. The van der Waals surface area contributed by atoms with Crippen molar-refractivity contribution in [2.75, 3.05) is 29.9 Å². The van der Waals surface area contributed by atoms with Crippen LogP contribution in [0.15, 0.2) is 36.7 Å². The van der Waals surface area contributed by atoms with Crippen molar-refractivity contribution in [2.45, 2.75) is 18.9 Å². The van der Waals surface area contributed by atoms with E-state index in [9.17, 15) is 13.6 Å². The largest absolute Gasteiger partial charge is 0.395 e. The van der Waals surface area contributed by atoms with E-state index in [1.54, 1.807) is 12.3 Å². The number of carbonyl (C=O) groups is 1. The maximum atomic E-state index is 14.3. The Bertz CT molecular complexity index is 1040. The molecule has 1 aromatic carbocycles. The van der Waals surface area contributed by atoms with Gasteiger partial charge >= 0.3 is 6.03 Å². The number of urea groups is 1. The van der Waals surface area contributed by atoms with Gasteiger partial charge in [-0.2, -0.15) is 5.10 Å². The predicted octanol–water partition coefficient (Wildman–Crippen LogP) is 2.46. The maximum absolute atomic E-state index is 14.3. The van der Waals surface area contributed by atoms with Gasteiger partial charge in [-0.3, -0.25) is 0 Å². The zero-order valence-electron chi connectivity index (χ0n) is 15.5. The van der Waals surface area contributed by atoms with Crippen LogP contribution in [0.3, 0.4) is 0 Å². The third-order valence-corrected chi connectivity index (χ3v) is 4.86. The Hall–Kier alpha value is -3.27. The van der Waals surface area contributed by atoms with Crippen molar-refractivity contribution in [3.8, 4) is 0 Å². The summed E-state index contributed by atoms with van der Waals surface area (Å²) in [6.07, 6.45) is 4.67. The van der Waals surface area contributed by atoms with Gasteiger partial charge < -0.3 is 20.6 Å². The monoisotopic (exact) mass is 402 g/mol. The number of nitrogens with zero attached hydrogens (tertiary/aromatic N) is 4. The lowest BCUT2D eigenvalue weighted by molar-refractivity contribution is 0.245. The third kappa shape index (κ3) is 3.83. The molecule has 2 amide bonds. The number of anilines is 2. The molecule has 8 nitrogen and oxygen atoms in total. The molecule has 2 aromatic heterocycles. The van der Waals surface area contributed by atoms with Crippen LogP contribution >= 0.6 is 0 Å². The molecule has 29 heavy (non-hydrogen) atoms. The summed E-state index contributed by atoms with van der Waals surface area (Å²) in [5, 5.41) is 18.1. The first-order chi connectivity index (χ1) is 14.1. The smallest absolute Gasteiger partial charge is 0.319 e. The van der Waals surface area contributed by atoms with E-state index >= 15 is 0 Å². The highest BCUT2D eigenvalue weighted by Gasteiger charge is 2.30. The first-order valence-electron chi connectivity index (χ1n) is 9.28. The number of amides is 2. The summed E-state index contributed by atoms with van der Waals surface area (Å²) >= 11 is 0. The van der Waals surface area contributed by atoms with Crippen molar-refractivity contribution in [2.24, 2.45) is 0 Å². The van der Waals surface area contributed by atoms with Crippen molar-refractivity contribution >= 4 is 23.2 Å². The Morgan fingerprint density at radius 1 is 1.31 bits per heavy atom. The van der Waals surface area contributed by atoms with Gasteiger partial charge in [0.1, 0.15) is 23.1 Å². The number of aliphatic hydroxyl groups is 1. The molecular formula is C19H20F2N6O2. The van der Waals surface area contributed by atoms with E-state index in [4.69, 9.17) is 5.11 Å². The van der Waals surface area contributed by atoms with E-state index in [0.29, 0.717) is 35.7 Å². The molecule has 0 saturated carbocycles. The topological polar surface area (TPSA) is 94.8 Å². The molecule has 152 valence electrons. The van der Waals surface area contributed by atoms with Gasteiger partial charge in [0.05, 0.1) is 18.8 Å². The number of fused-ring (bicyclic) bond motifs is 1. The SMILES string of the molecule is O=C(NCCO)Nc1cnn2ccc(N3CCC[C@@H]3c3cc(F)ccc3F)nc12. The Kier molecular flexibility index (Phi) is 5.26. The summed E-state index contributed by atoms with van der Waals surface area (Å²) in [6.45, 7) is 0.605. The van der Waals surface area contributed by atoms with Crippen LogP contribution in [-0.4, -0.2) is 45.4 Å². The molecule has 3 N–H and O–H groups in total. The van der Waals surface area contributed by atoms with Crippen LogP contribution < -0.4 is 15.5 Å². The number of benzene rings is 1. The minimum Gasteiger partial charge on any atom is -0.395 e. The average molecular weight is 402 g/mol. The number of rotatable bonds is 5. The standard InChI is InChI=1S/C19H20F2N6O2/c20-12-3-4-14(21)13(10-12)16-2-1-7-26(16)17-5-8-27-18(25-17)15(11-23-27)24-19(29)22-6-9-28/h3-5,8,10-11,16,28H,1-2,6-7,9H2,(H2,22,24,29)/t16-/m1/s1. The molecule has 1 atom stereocenters. The molecule has 1 fully saturated rings. The summed E-state index contributed by atoms with van der Waals surface area (Å²) < 4.78 is 29.5. The van der Waals surface area contributed by atoms with Crippen molar-refractivity contribution in [1.29, 1.82) is 0 Å². The molecule has 0 bridgehead atoms. The molecule has 3 heterocycles. The zero-order valence-corrected chi connectivity index (χ0v) is 15.5. The minimum absolute atomic E-state index is 0.123. The highest BCUT2D eigenvalue weighted by atomic mass is 19.1. The maximum Gasteiger partial charge on any atom is 0.319 e. The van der Waals surface area contributed by atoms with Crippen LogP contribution in [0.1, 0.15) is 24.4 Å². The molecule has 10 heteroatoms. The fraction of sp³-hybridized carbons (Fsp3) is 0.316. The van der Waals surface area contributed by atoms with Gasteiger partial charge in [0.25, 0.3) is 0 Å². The normalized spacial score (nSPS) is 16.4. The first-order valence-corrected chi connectivity index (χ1v) is 9.28. The zero-order chi connectivity index (χ0) is 20.4. The van der Waals surface area contributed by atoms with E-state index in [-0.39, 0.29) is 19.2 Å². The lowest BCUT2D eigenvalue weighted by Crippen LogP contribution is -2.31. The summed E-state index contributed by atoms with van der Waals surface area (Å²) in [7, 11) is 0. The summed E-state index contributed by atoms with van der Waals surface area (Å²) in [4.78, 5) is 18.4. The van der Waals surface area contributed by atoms with Crippen LogP contribution in [0.2, 0.25) is 0 Å². The van der Waals surface area contributed by atoms with Gasteiger partial charge in [-0.05, 0) is 37.1 Å². The molecule has 1 saturated heterocycles. The van der Waals surface area contributed by atoms with Gasteiger partial charge in [0.2, 0.25) is 0 Å². The van der Waals surface area contributed by atoms with Crippen molar-refractivity contribution in [3.63, 3.8) is 0 Å². The van der Waals surface area contributed by atoms with Crippen molar-refractivity contribution in [1.82, 2.24) is 19.9 Å². The van der Waals surface area contributed by atoms with E-state index in [1.165, 1.54) is 16.8 Å². The number of halogens is 2. The quantitative estimate of drug-likeness (QED) is 0.610. The Balaban J connectivity index is 1.64. The number of carbonyl (C=O) groups excluding carboxylic acids is 1. The van der Waals surface area contributed by atoms with Crippen molar-refractivity contribution in [3.05, 3.63) is 53.9 Å². The van der Waals surface area contributed by atoms with E-state index in [0.717, 1.165) is 18.6 Å². The van der Waals surface area contributed by atoms with Gasteiger partial charge in [-0.25, -0.2) is 23.1 Å². The average Bonchev–Trinajstić information content (AvgIpc) is 3.35. The molecule has 4 rings (SSSR count). The Morgan fingerprint density at radius 2 is 2.17 bits per heavy atom. The predicted molar refractivity (Wildman–Crippen MR) is 103 cm³/mol. The number of aromatic nitrogens is 3. The van der Waals surface area contributed by atoms with Gasteiger partial charge in [-0.15, -0.1) is 0 Å². The van der Waals surface area contributed by atoms with Gasteiger partial charge in [-0.1, -0.05) is 0 Å². The molecule has 0 radical (unpaired) electrons. The van der Waals surface area contributed by atoms with Crippen LogP contribution in [0.25, 0.3) is 5.65 Å². The second kappa shape index (κ2) is 8.00. The Morgan fingerprint density at radius 3 is 3.00 bits per heavy atom. The van der Waals surface area contributed by atoms with Gasteiger partial charge in [0.15, 0.2) is 5.65 Å². The summed E-state index contributed by atoms with van der Waals surface area (Å²) in [6, 6.07) is 4.42. The first kappa shape index (κ1) is 19.1. The third-order valence-electron chi connectivity index (χ3n) is 4.86.